The molecule has 3 aromatic rings. The van der Waals surface area contributed by atoms with Gasteiger partial charge in [0, 0.05) is 0 Å². The van der Waals surface area contributed by atoms with Crippen molar-refractivity contribution in [1.82, 2.24) is 20.6 Å². The van der Waals surface area contributed by atoms with Gasteiger partial charge in [-0.3, -0.25) is 20.4 Å². The van der Waals surface area contributed by atoms with Gasteiger partial charge in [-0.15, -0.1) is 0 Å². The molecular weight excluding hydrogens is 332 g/mol. The Kier molecular flexibility index (Phi) is 4.98. The van der Waals surface area contributed by atoms with E-state index in [0.717, 1.165) is 11.1 Å². The van der Waals surface area contributed by atoms with Gasteiger partial charge < -0.3 is 5.11 Å². The number of hydrazine groups is 1. The zero-order valence-corrected chi connectivity index (χ0v) is 14.1. The Balaban J connectivity index is 1.60. The van der Waals surface area contributed by atoms with E-state index in [-0.39, 0.29) is 23.8 Å². The minimum Gasteiger partial charge on any atom is -0.504 e. The van der Waals surface area contributed by atoms with Gasteiger partial charge in [-0.2, -0.15) is 5.10 Å². The first-order chi connectivity index (χ1) is 12.5. The van der Waals surface area contributed by atoms with Crippen molar-refractivity contribution in [3.8, 4) is 11.4 Å². The van der Waals surface area contributed by atoms with E-state index in [9.17, 15) is 14.7 Å². The minimum absolute atomic E-state index is 0.130. The minimum atomic E-state index is -0.700. The van der Waals surface area contributed by atoms with Gasteiger partial charge in [0.15, 0.2) is 11.4 Å². The highest BCUT2D eigenvalue weighted by Crippen LogP contribution is 2.17. The number of aryl methyl sites for hydroxylation is 1. The van der Waals surface area contributed by atoms with Crippen LogP contribution in [0.25, 0.3) is 5.69 Å². The molecular formula is C19H18N4O3. The lowest BCUT2D eigenvalue weighted by Gasteiger charge is -2.06. The van der Waals surface area contributed by atoms with Crippen molar-refractivity contribution in [2.75, 3.05) is 0 Å². The Morgan fingerprint density at radius 3 is 2.42 bits per heavy atom. The average molecular weight is 350 g/mol. The summed E-state index contributed by atoms with van der Waals surface area (Å²) in [5.41, 5.74) is 7.04. The summed E-state index contributed by atoms with van der Waals surface area (Å²) in [6, 6.07) is 16.6. The van der Waals surface area contributed by atoms with E-state index in [4.69, 9.17) is 0 Å². The maximum absolute atomic E-state index is 12.2. The van der Waals surface area contributed by atoms with Crippen LogP contribution < -0.4 is 10.9 Å². The van der Waals surface area contributed by atoms with Crippen molar-refractivity contribution in [2.24, 2.45) is 0 Å². The van der Waals surface area contributed by atoms with Gasteiger partial charge in [-0.05, 0) is 24.6 Å². The van der Waals surface area contributed by atoms with Crippen LogP contribution in [0.15, 0.2) is 60.8 Å². The maximum atomic E-state index is 12.2. The molecule has 0 bridgehead atoms. The van der Waals surface area contributed by atoms with Crippen LogP contribution in [0.5, 0.6) is 5.75 Å². The summed E-state index contributed by atoms with van der Waals surface area (Å²) in [7, 11) is 0. The predicted molar refractivity (Wildman–Crippen MR) is 95.7 cm³/mol. The van der Waals surface area contributed by atoms with Gasteiger partial charge in [-0.1, -0.05) is 48.0 Å². The van der Waals surface area contributed by atoms with E-state index < -0.39 is 5.91 Å². The molecule has 0 saturated heterocycles. The normalized spacial score (nSPS) is 10.3. The third-order valence-corrected chi connectivity index (χ3v) is 3.73. The highest BCUT2D eigenvalue weighted by Gasteiger charge is 2.17. The molecule has 0 spiro atoms. The fourth-order valence-electron chi connectivity index (χ4n) is 2.36. The third-order valence-electron chi connectivity index (χ3n) is 3.73. The lowest BCUT2D eigenvalue weighted by atomic mass is 10.1. The van der Waals surface area contributed by atoms with Crippen molar-refractivity contribution in [3.63, 3.8) is 0 Å². The number of carbonyl (C=O) groups excluding carboxylic acids is 2. The lowest BCUT2D eigenvalue weighted by Crippen LogP contribution is -2.42. The van der Waals surface area contributed by atoms with Gasteiger partial charge in [-0.25, -0.2) is 4.68 Å². The van der Waals surface area contributed by atoms with Crippen molar-refractivity contribution in [3.05, 3.63) is 77.6 Å². The molecule has 1 aromatic heterocycles. The summed E-state index contributed by atoms with van der Waals surface area (Å²) in [4.78, 5) is 24.1. The molecule has 26 heavy (non-hydrogen) atoms. The summed E-state index contributed by atoms with van der Waals surface area (Å²) in [6.07, 6.45) is 1.46. The molecule has 3 rings (SSSR count). The molecule has 7 nitrogen and oxygen atoms in total. The third kappa shape index (κ3) is 4.07. The summed E-state index contributed by atoms with van der Waals surface area (Å²) in [5.74, 6) is -1.35. The Hall–Kier alpha value is -3.61. The number of nitrogens with zero attached hydrogens (tertiary/aromatic N) is 2. The topological polar surface area (TPSA) is 96.3 Å². The first-order valence-electron chi connectivity index (χ1n) is 8.02. The first kappa shape index (κ1) is 17.2. The van der Waals surface area contributed by atoms with Crippen LogP contribution >= 0.6 is 0 Å². The molecule has 0 aliphatic rings. The number of para-hydroxylation sites is 1. The molecule has 0 unspecified atom stereocenters. The van der Waals surface area contributed by atoms with Gasteiger partial charge in [0.25, 0.3) is 5.91 Å². The number of carbonyl (C=O) groups is 2. The maximum Gasteiger partial charge on any atom is 0.294 e. The number of hydrogen-bond donors (Lipinski definition) is 3. The Labute approximate surface area is 150 Å². The van der Waals surface area contributed by atoms with Gasteiger partial charge in [0.2, 0.25) is 5.91 Å². The molecule has 0 aliphatic heterocycles. The molecule has 2 aromatic carbocycles. The quantitative estimate of drug-likeness (QED) is 0.626. The molecule has 0 atom stereocenters. The molecule has 0 saturated carbocycles. The summed E-state index contributed by atoms with van der Waals surface area (Å²) >= 11 is 0. The number of benzene rings is 2. The number of nitrogens with one attached hydrogen (secondary N) is 2. The fraction of sp³-hybridized carbons (Fsp3) is 0.105. The molecule has 1 heterocycles. The molecule has 7 heteroatoms. The van der Waals surface area contributed by atoms with E-state index in [1.807, 2.05) is 49.4 Å². The van der Waals surface area contributed by atoms with E-state index in [1.165, 1.54) is 10.9 Å². The van der Waals surface area contributed by atoms with Gasteiger partial charge >= 0.3 is 0 Å². The number of amides is 2. The van der Waals surface area contributed by atoms with Crippen LogP contribution in [-0.2, 0) is 11.2 Å². The smallest absolute Gasteiger partial charge is 0.294 e. The Morgan fingerprint density at radius 2 is 1.73 bits per heavy atom. The van der Waals surface area contributed by atoms with E-state index in [1.54, 1.807) is 12.1 Å². The standard InChI is InChI=1S/C19H18N4O3/c1-13-7-9-14(10-8-13)11-17(25)20-21-19(26)18-16(24)12-23(22-18)15-5-3-2-4-6-15/h2-10,12,24H,11H2,1H3,(H,20,25)(H,21,26). The zero-order valence-electron chi connectivity index (χ0n) is 14.1. The van der Waals surface area contributed by atoms with Crippen molar-refractivity contribution >= 4 is 11.8 Å². The van der Waals surface area contributed by atoms with Crippen LogP contribution in [0, 0.1) is 6.92 Å². The largest absolute Gasteiger partial charge is 0.504 e. The molecule has 3 N–H and O–H groups in total. The van der Waals surface area contributed by atoms with Crippen LogP contribution in [0.1, 0.15) is 21.6 Å². The lowest BCUT2D eigenvalue weighted by molar-refractivity contribution is -0.121. The van der Waals surface area contributed by atoms with Crippen molar-refractivity contribution in [1.29, 1.82) is 0 Å². The van der Waals surface area contributed by atoms with E-state index in [2.05, 4.69) is 16.0 Å². The second-order valence-electron chi connectivity index (χ2n) is 5.81. The monoisotopic (exact) mass is 350 g/mol. The fourth-order valence-corrected chi connectivity index (χ4v) is 2.36. The number of hydrogen-bond acceptors (Lipinski definition) is 4. The molecule has 0 radical (unpaired) electrons. The van der Waals surface area contributed by atoms with Crippen LogP contribution in [-0.4, -0.2) is 26.7 Å². The van der Waals surface area contributed by atoms with Crippen LogP contribution in [0.2, 0.25) is 0 Å². The summed E-state index contributed by atoms with van der Waals surface area (Å²) in [5, 5.41) is 14.0. The number of aromatic nitrogens is 2. The Morgan fingerprint density at radius 1 is 1.04 bits per heavy atom. The van der Waals surface area contributed by atoms with Gasteiger partial charge in [0.05, 0.1) is 18.3 Å². The predicted octanol–water partition coefficient (Wildman–Crippen LogP) is 1.89. The highest BCUT2D eigenvalue weighted by atomic mass is 16.3. The van der Waals surface area contributed by atoms with Crippen molar-refractivity contribution in [2.45, 2.75) is 13.3 Å². The number of rotatable bonds is 4. The summed E-state index contributed by atoms with van der Waals surface area (Å²) < 4.78 is 1.39. The molecule has 0 aliphatic carbocycles. The van der Waals surface area contributed by atoms with Crippen molar-refractivity contribution < 1.29 is 14.7 Å². The van der Waals surface area contributed by atoms with E-state index in [0.29, 0.717) is 5.69 Å². The van der Waals surface area contributed by atoms with Crippen LogP contribution in [0.3, 0.4) is 0 Å². The SMILES string of the molecule is Cc1ccc(CC(=O)NNC(=O)c2nn(-c3ccccc3)cc2O)cc1. The second-order valence-corrected chi connectivity index (χ2v) is 5.81. The van der Waals surface area contributed by atoms with Gasteiger partial charge in [0.1, 0.15) is 0 Å². The second kappa shape index (κ2) is 7.52. The molecule has 0 fully saturated rings. The Bertz CT molecular complexity index is 918. The highest BCUT2D eigenvalue weighted by molar-refractivity contribution is 5.96. The first-order valence-corrected chi connectivity index (χ1v) is 8.02. The zero-order chi connectivity index (χ0) is 18.5. The molecule has 132 valence electrons. The van der Waals surface area contributed by atoms with E-state index >= 15 is 0 Å². The summed E-state index contributed by atoms with van der Waals surface area (Å²) in [6.45, 7) is 1.96. The molecule has 2 amide bonds. The number of aromatic hydroxyl groups is 1. The average Bonchev–Trinajstić information content (AvgIpc) is 3.04. The van der Waals surface area contributed by atoms with Crippen LogP contribution in [0.4, 0.5) is 0 Å².